The van der Waals surface area contributed by atoms with E-state index in [1.165, 1.54) is 5.56 Å². The van der Waals surface area contributed by atoms with Gasteiger partial charge in [-0.3, -0.25) is 0 Å². The Bertz CT molecular complexity index is 1190. The maximum Gasteiger partial charge on any atom is 0.129 e. The molecule has 0 fully saturated rings. The Morgan fingerprint density at radius 3 is 2.40 bits per heavy atom. The number of hydrogen-bond acceptors (Lipinski definition) is 5. The largest absolute Gasteiger partial charge is 0.457 e. The van der Waals surface area contributed by atoms with Crippen molar-refractivity contribution in [2.24, 2.45) is 0 Å². The van der Waals surface area contributed by atoms with Crippen molar-refractivity contribution >= 4 is 17.0 Å². The van der Waals surface area contributed by atoms with Gasteiger partial charge in [0.05, 0.1) is 11.5 Å². The van der Waals surface area contributed by atoms with Crippen molar-refractivity contribution in [3.63, 3.8) is 0 Å². The molecule has 4 aromatic rings. The summed E-state index contributed by atoms with van der Waals surface area (Å²) in [4.78, 5) is 10.1. The van der Waals surface area contributed by atoms with E-state index < -0.39 is 0 Å². The SMILES string of the molecule is CN1C=CN(c2cccc(Oc3cccc(-c4ncc(-c5ccccc5)s4)c3)c2)C1. The van der Waals surface area contributed by atoms with Gasteiger partial charge in [-0.25, -0.2) is 4.98 Å². The molecule has 0 amide bonds. The number of anilines is 1. The molecule has 0 bridgehead atoms. The van der Waals surface area contributed by atoms with E-state index in [1.807, 2.05) is 54.7 Å². The molecule has 1 aliphatic heterocycles. The lowest BCUT2D eigenvalue weighted by molar-refractivity contribution is 0.481. The Hall–Kier alpha value is -3.57. The number of hydrogen-bond donors (Lipinski definition) is 0. The predicted molar refractivity (Wildman–Crippen MR) is 124 cm³/mol. The molecule has 0 aliphatic carbocycles. The third-order valence-corrected chi connectivity index (χ3v) is 6.00. The Labute approximate surface area is 180 Å². The van der Waals surface area contributed by atoms with Crippen LogP contribution in [0.1, 0.15) is 0 Å². The van der Waals surface area contributed by atoms with E-state index in [1.54, 1.807) is 11.3 Å². The lowest BCUT2D eigenvalue weighted by atomic mass is 10.2. The average Bonchev–Trinajstić information content (AvgIpc) is 3.44. The van der Waals surface area contributed by atoms with Crippen LogP contribution in [-0.2, 0) is 0 Å². The summed E-state index contributed by atoms with van der Waals surface area (Å²) in [7, 11) is 2.06. The van der Waals surface area contributed by atoms with Gasteiger partial charge in [0.15, 0.2) is 0 Å². The second-order valence-electron chi connectivity index (χ2n) is 7.19. The molecular weight excluding hydrogens is 390 g/mol. The third-order valence-electron chi connectivity index (χ3n) is 4.91. The molecule has 30 heavy (non-hydrogen) atoms. The Balaban J connectivity index is 1.36. The lowest BCUT2D eigenvalue weighted by Crippen LogP contribution is -2.21. The fourth-order valence-electron chi connectivity index (χ4n) is 3.39. The van der Waals surface area contributed by atoms with Crippen LogP contribution in [0.2, 0.25) is 0 Å². The molecule has 0 unspecified atom stereocenters. The molecule has 3 aromatic carbocycles. The van der Waals surface area contributed by atoms with Crippen LogP contribution < -0.4 is 9.64 Å². The molecule has 0 saturated heterocycles. The van der Waals surface area contributed by atoms with E-state index in [-0.39, 0.29) is 0 Å². The van der Waals surface area contributed by atoms with Gasteiger partial charge in [-0.05, 0) is 29.8 Å². The summed E-state index contributed by atoms with van der Waals surface area (Å²) in [5, 5.41) is 0.985. The van der Waals surface area contributed by atoms with Gasteiger partial charge in [-0.15, -0.1) is 11.3 Å². The zero-order valence-electron chi connectivity index (χ0n) is 16.6. The molecule has 0 saturated carbocycles. The van der Waals surface area contributed by atoms with Crippen LogP contribution in [0.4, 0.5) is 5.69 Å². The minimum absolute atomic E-state index is 0.801. The van der Waals surface area contributed by atoms with Gasteiger partial charge >= 0.3 is 0 Å². The van der Waals surface area contributed by atoms with Gasteiger partial charge in [0.25, 0.3) is 0 Å². The predicted octanol–water partition coefficient (Wildman–Crippen LogP) is 6.45. The topological polar surface area (TPSA) is 28.6 Å². The number of rotatable bonds is 5. The number of benzene rings is 3. The van der Waals surface area contributed by atoms with Crippen molar-refractivity contribution in [3.8, 4) is 32.5 Å². The first-order chi connectivity index (χ1) is 14.7. The number of aromatic nitrogens is 1. The normalized spacial score (nSPS) is 13.1. The van der Waals surface area contributed by atoms with E-state index in [9.17, 15) is 0 Å². The second-order valence-corrected chi connectivity index (χ2v) is 8.22. The van der Waals surface area contributed by atoms with E-state index >= 15 is 0 Å². The lowest BCUT2D eigenvalue weighted by Gasteiger charge is -2.19. The van der Waals surface area contributed by atoms with E-state index in [2.05, 4.69) is 64.6 Å². The molecule has 0 atom stereocenters. The summed E-state index contributed by atoms with van der Waals surface area (Å²) in [5.41, 5.74) is 3.35. The third kappa shape index (κ3) is 3.93. The molecule has 5 rings (SSSR count). The first-order valence-corrected chi connectivity index (χ1v) is 10.6. The van der Waals surface area contributed by atoms with Gasteiger partial charge in [0, 0.05) is 43.0 Å². The molecule has 1 aliphatic rings. The molecule has 5 heteroatoms. The summed E-state index contributed by atoms with van der Waals surface area (Å²) in [5.74, 6) is 1.62. The van der Waals surface area contributed by atoms with Gasteiger partial charge in [-0.1, -0.05) is 48.5 Å². The second kappa shape index (κ2) is 8.05. The zero-order chi connectivity index (χ0) is 20.3. The molecule has 0 spiro atoms. The first-order valence-electron chi connectivity index (χ1n) is 9.79. The van der Waals surface area contributed by atoms with E-state index in [0.29, 0.717) is 0 Å². The Kier molecular flexibility index (Phi) is 4.95. The highest BCUT2D eigenvalue weighted by Crippen LogP contribution is 2.34. The van der Waals surface area contributed by atoms with Crippen molar-refractivity contribution in [1.82, 2.24) is 9.88 Å². The monoisotopic (exact) mass is 411 g/mol. The van der Waals surface area contributed by atoms with Crippen molar-refractivity contribution in [3.05, 3.63) is 97.5 Å². The summed E-state index contributed by atoms with van der Waals surface area (Å²) in [6.07, 6.45) is 6.08. The molecule has 4 nitrogen and oxygen atoms in total. The van der Waals surface area contributed by atoms with Crippen LogP contribution in [0.25, 0.3) is 21.0 Å². The number of ether oxygens (including phenoxy) is 1. The summed E-state index contributed by atoms with van der Waals surface area (Å²) < 4.78 is 6.17. The van der Waals surface area contributed by atoms with Gasteiger partial charge in [0.1, 0.15) is 16.5 Å². The van der Waals surface area contributed by atoms with E-state index in [0.717, 1.165) is 39.3 Å². The molecule has 0 N–H and O–H groups in total. The fraction of sp³-hybridized carbons (Fsp3) is 0.0800. The quantitative estimate of drug-likeness (QED) is 0.377. The minimum Gasteiger partial charge on any atom is -0.457 e. The van der Waals surface area contributed by atoms with Crippen LogP contribution in [0.5, 0.6) is 11.5 Å². The molecule has 0 radical (unpaired) electrons. The number of nitrogens with zero attached hydrogens (tertiary/aromatic N) is 3. The molecule has 148 valence electrons. The van der Waals surface area contributed by atoms with Crippen LogP contribution in [0.3, 0.4) is 0 Å². The fourth-order valence-corrected chi connectivity index (χ4v) is 4.31. The standard InChI is InChI=1S/C25H21N3OS/c1-27-13-14-28(18-27)21-10-6-12-23(16-21)29-22-11-5-9-20(15-22)25-26-17-24(30-25)19-7-3-2-4-8-19/h2-17H,18H2,1H3. The number of thiazole rings is 1. The smallest absolute Gasteiger partial charge is 0.129 e. The van der Waals surface area contributed by atoms with Crippen molar-refractivity contribution in [1.29, 1.82) is 0 Å². The van der Waals surface area contributed by atoms with Crippen LogP contribution in [0.15, 0.2) is 97.5 Å². The van der Waals surface area contributed by atoms with Gasteiger partial charge < -0.3 is 14.5 Å². The molecule has 1 aromatic heterocycles. The average molecular weight is 412 g/mol. The molecular formula is C25H21N3OS. The van der Waals surface area contributed by atoms with Crippen LogP contribution in [-0.4, -0.2) is 23.6 Å². The first kappa shape index (κ1) is 18.5. The molecule has 2 heterocycles. The van der Waals surface area contributed by atoms with Crippen molar-refractivity contribution in [2.45, 2.75) is 0 Å². The van der Waals surface area contributed by atoms with Gasteiger partial charge in [-0.2, -0.15) is 0 Å². The van der Waals surface area contributed by atoms with Crippen molar-refractivity contribution < 1.29 is 4.74 Å². The summed E-state index contributed by atoms with van der Waals surface area (Å²) in [6.45, 7) is 0.840. The van der Waals surface area contributed by atoms with E-state index in [4.69, 9.17) is 4.74 Å². The Morgan fingerprint density at radius 1 is 0.833 bits per heavy atom. The Morgan fingerprint density at radius 2 is 1.60 bits per heavy atom. The van der Waals surface area contributed by atoms with Crippen LogP contribution >= 0.6 is 11.3 Å². The van der Waals surface area contributed by atoms with Crippen molar-refractivity contribution in [2.75, 3.05) is 18.6 Å². The van der Waals surface area contributed by atoms with Crippen LogP contribution in [0, 0.1) is 0 Å². The highest BCUT2D eigenvalue weighted by Gasteiger charge is 2.12. The summed E-state index contributed by atoms with van der Waals surface area (Å²) in [6, 6.07) is 26.6. The summed E-state index contributed by atoms with van der Waals surface area (Å²) >= 11 is 1.69. The highest BCUT2D eigenvalue weighted by atomic mass is 32.1. The zero-order valence-corrected chi connectivity index (χ0v) is 17.4. The highest BCUT2D eigenvalue weighted by molar-refractivity contribution is 7.18. The minimum atomic E-state index is 0.801. The maximum atomic E-state index is 6.17. The van der Waals surface area contributed by atoms with Gasteiger partial charge in [0.2, 0.25) is 0 Å². The maximum absolute atomic E-state index is 6.17.